The van der Waals surface area contributed by atoms with E-state index in [0.717, 1.165) is 27.8 Å². The van der Waals surface area contributed by atoms with E-state index in [4.69, 9.17) is 14.7 Å². The van der Waals surface area contributed by atoms with Crippen molar-refractivity contribution in [2.24, 2.45) is 0 Å². The van der Waals surface area contributed by atoms with Crippen molar-refractivity contribution in [1.29, 1.82) is 0 Å². The molecule has 2 amide bonds. The van der Waals surface area contributed by atoms with Crippen molar-refractivity contribution in [2.45, 2.75) is 19.9 Å². The van der Waals surface area contributed by atoms with Crippen LogP contribution in [0.15, 0.2) is 60.7 Å². The summed E-state index contributed by atoms with van der Waals surface area (Å²) in [5.41, 5.74) is 7.28. The molecule has 0 fully saturated rings. The van der Waals surface area contributed by atoms with E-state index in [9.17, 15) is 9.59 Å². The first-order chi connectivity index (χ1) is 16.9. The number of nitrogens with one attached hydrogen (secondary N) is 1. The summed E-state index contributed by atoms with van der Waals surface area (Å²) in [7, 11) is 3.16. The molecule has 7 heteroatoms. The number of benzene rings is 3. The summed E-state index contributed by atoms with van der Waals surface area (Å²) in [6.45, 7) is 2.94. The van der Waals surface area contributed by atoms with Gasteiger partial charge in [-0.15, -0.1) is 0 Å². The van der Waals surface area contributed by atoms with Crippen LogP contribution in [0, 0.1) is 6.92 Å². The van der Waals surface area contributed by atoms with Crippen molar-refractivity contribution in [2.75, 3.05) is 20.8 Å². The Balaban J connectivity index is 1.71. The van der Waals surface area contributed by atoms with Crippen molar-refractivity contribution in [3.8, 4) is 11.5 Å². The lowest BCUT2D eigenvalue weighted by molar-refractivity contribution is -0.125. The fourth-order valence-electron chi connectivity index (χ4n) is 4.22. The zero-order valence-electron chi connectivity index (χ0n) is 20.0. The number of aryl methyl sites for hydroxylation is 1. The summed E-state index contributed by atoms with van der Waals surface area (Å²) in [6.07, 6.45) is 2.54. The third-order valence-electron chi connectivity index (χ3n) is 6.18. The molecular formula is C28H28N2O5. The Morgan fingerprint density at radius 1 is 0.914 bits per heavy atom. The highest BCUT2D eigenvalue weighted by Gasteiger charge is 2.25. The van der Waals surface area contributed by atoms with Gasteiger partial charge in [0.15, 0.2) is 11.5 Å². The van der Waals surface area contributed by atoms with E-state index >= 15 is 0 Å². The smallest absolute Gasteiger partial charge is 0.274 e. The number of ether oxygens (including phenoxy) is 2. The highest BCUT2D eigenvalue weighted by atomic mass is 16.5. The maximum atomic E-state index is 13.8. The van der Waals surface area contributed by atoms with Crippen LogP contribution in [-0.4, -0.2) is 42.7 Å². The Hall–Kier alpha value is -4.10. The largest absolute Gasteiger partial charge is 0.493 e. The molecule has 180 valence electrons. The van der Waals surface area contributed by atoms with Crippen molar-refractivity contribution in [3.05, 3.63) is 94.0 Å². The van der Waals surface area contributed by atoms with E-state index in [1.54, 1.807) is 36.7 Å². The lowest BCUT2D eigenvalue weighted by atomic mass is 9.95. The number of hydrogen-bond donors (Lipinski definition) is 2. The fourth-order valence-corrected chi connectivity index (χ4v) is 4.22. The lowest BCUT2D eigenvalue weighted by Crippen LogP contribution is -2.36. The Morgan fingerprint density at radius 2 is 1.63 bits per heavy atom. The normalized spacial score (nSPS) is 13.1. The molecule has 3 aromatic rings. The number of carbonyl (C=O) groups excluding carboxylic acids is 2. The maximum absolute atomic E-state index is 13.8. The molecule has 1 aliphatic heterocycles. The van der Waals surface area contributed by atoms with Gasteiger partial charge in [-0.1, -0.05) is 42.0 Å². The molecule has 0 saturated carbocycles. The number of methoxy groups -OCH3 is 2. The Labute approximate surface area is 204 Å². The van der Waals surface area contributed by atoms with Crippen molar-refractivity contribution >= 4 is 23.5 Å². The first-order valence-electron chi connectivity index (χ1n) is 11.3. The minimum Gasteiger partial charge on any atom is -0.493 e. The summed E-state index contributed by atoms with van der Waals surface area (Å²) in [4.78, 5) is 27.5. The molecule has 0 unspecified atom stereocenters. The second kappa shape index (κ2) is 10.4. The highest BCUT2D eigenvalue weighted by molar-refractivity contribution is 6.24. The van der Waals surface area contributed by atoms with Gasteiger partial charge in [0, 0.05) is 24.2 Å². The molecule has 1 heterocycles. The van der Waals surface area contributed by atoms with Gasteiger partial charge in [0.05, 0.1) is 14.2 Å². The number of fused-ring (bicyclic) bond motifs is 1. The Kier molecular flexibility index (Phi) is 7.17. The quantitative estimate of drug-likeness (QED) is 0.242. The van der Waals surface area contributed by atoms with Crippen LogP contribution in [0.1, 0.15) is 38.2 Å². The predicted octanol–water partition coefficient (Wildman–Crippen LogP) is 4.26. The van der Waals surface area contributed by atoms with Crippen LogP contribution in [0.5, 0.6) is 11.5 Å². The van der Waals surface area contributed by atoms with E-state index in [1.807, 2.05) is 61.5 Å². The van der Waals surface area contributed by atoms with Crippen molar-refractivity contribution in [3.63, 3.8) is 0 Å². The van der Waals surface area contributed by atoms with Gasteiger partial charge in [-0.05, 0) is 65.9 Å². The van der Waals surface area contributed by atoms with E-state index in [2.05, 4.69) is 0 Å². The SMILES string of the molecule is COc1ccc(C=C(C(=O)N2CCc3ccc(C(=O)NO)cc3C2)c2ccc(C)cc2)cc1OC. The zero-order chi connectivity index (χ0) is 24.9. The van der Waals surface area contributed by atoms with Gasteiger partial charge in [0.25, 0.3) is 11.8 Å². The monoisotopic (exact) mass is 472 g/mol. The molecule has 4 rings (SSSR count). The zero-order valence-corrected chi connectivity index (χ0v) is 20.0. The van der Waals surface area contributed by atoms with Crippen LogP contribution in [0.4, 0.5) is 0 Å². The molecule has 35 heavy (non-hydrogen) atoms. The first-order valence-corrected chi connectivity index (χ1v) is 11.3. The van der Waals surface area contributed by atoms with Crippen LogP contribution < -0.4 is 15.0 Å². The average Bonchev–Trinajstić information content (AvgIpc) is 2.90. The van der Waals surface area contributed by atoms with E-state index in [0.29, 0.717) is 42.1 Å². The summed E-state index contributed by atoms with van der Waals surface area (Å²) in [6, 6.07) is 18.7. The van der Waals surface area contributed by atoms with Crippen LogP contribution in [0.2, 0.25) is 0 Å². The Bertz CT molecular complexity index is 1280. The minimum atomic E-state index is -0.579. The topological polar surface area (TPSA) is 88.1 Å². The molecule has 7 nitrogen and oxygen atoms in total. The van der Waals surface area contributed by atoms with Crippen LogP contribution >= 0.6 is 0 Å². The highest BCUT2D eigenvalue weighted by Crippen LogP contribution is 2.31. The molecule has 3 aromatic carbocycles. The summed E-state index contributed by atoms with van der Waals surface area (Å²) in [5.74, 6) is 0.512. The van der Waals surface area contributed by atoms with Gasteiger partial charge in [0.2, 0.25) is 0 Å². The fraction of sp³-hybridized carbons (Fsp3) is 0.214. The van der Waals surface area contributed by atoms with Gasteiger partial charge in [-0.25, -0.2) is 5.48 Å². The molecule has 0 spiro atoms. The van der Waals surface area contributed by atoms with E-state index in [1.165, 1.54) is 0 Å². The molecule has 1 aliphatic rings. The van der Waals surface area contributed by atoms with Gasteiger partial charge >= 0.3 is 0 Å². The number of hydrogen-bond acceptors (Lipinski definition) is 5. The Morgan fingerprint density at radius 3 is 2.31 bits per heavy atom. The second-order valence-electron chi connectivity index (χ2n) is 8.44. The standard InChI is InChI=1S/C28H28N2O5/c1-18-4-7-21(8-5-18)24(14-19-6-11-25(34-2)26(15-19)35-3)28(32)30-13-12-20-9-10-22(27(31)29-33)16-23(20)17-30/h4-11,14-16,33H,12-13,17H2,1-3H3,(H,29,31). The number of rotatable bonds is 6. The van der Waals surface area contributed by atoms with E-state index < -0.39 is 5.91 Å². The third kappa shape index (κ3) is 5.20. The van der Waals surface area contributed by atoms with Crippen LogP contribution in [0.3, 0.4) is 0 Å². The van der Waals surface area contributed by atoms with Gasteiger partial charge in [0.1, 0.15) is 0 Å². The van der Waals surface area contributed by atoms with E-state index in [-0.39, 0.29) is 5.91 Å². The first kappa shape index (κ1) is 24.0. The minimum absolute atomic E-state index is 0.105. The maximum Gasteiger partial charge on any atom is 0.274 e. The molecule has 2 N–H and O–H groups in total. The van der Waals surface area contributed by atoms with Crippen molar-refractivity contribution < 1.29 is 24.3 Å². The molecule has 0 atom stereocenters. The molecule has 0 aromatic heterocycles. The van der Waals surface area contributed by atoms with Gasteiger partial charge < -0.3 is 14.4 Å². The number of amides is 2. The number of nitrogens with zero attached hydrogens (tertiary/aromatic N) is 1. The van der Waals surface area contributed by atoms with Gasteiger partial charge in [-0.2, -0.15) is 0 Å². The molecular weight excluding hydrogens is 444 g/mol. The molecule has 0 aliphatic carbocycles. The molecule has 0 bridgehead atoms. The predicted molar refractivity (Wildman–Crippen MR) is 133 cm³/mol. The van der Waals surface area contributed by atoms with Crippen LogP contribution in [0.25, 0.3) is 11.6 Å². The van der Waals surface area contributed by atoms with Crippen molar-refractivity contribution in [1.82, 2.24) is 10.4 Å². The average molecular weight is 473 g/mol. The summed E-state index contributed by atoms with van der Waals surface area (Å²) >= 11 is 0. The molecule has 0 radical (unpaired) electrons. The number of carbonyl (C=O) groups is 2. The second-order valence-corrected chi connectivity index (χ2v) is 8.44. The molecule has 0 saturated heterocycles. The van der Waals surface area contributed by atoms with Crippen LogP contribution in [-0.2, 0) is 17.8 Å². The third-order valence-corrected chi connectivity index (χ3v) is 6.18. The lowest BCUT2D eigenvalue weighted by Gasteiger charge is -2.30. The summed E-state index contributed by atoms with van der Waals surface area (Å²) < 4.78 is 10.8. The summed E-state index contributed by atoms with van der Waals surface area (Å²) in [5, 5.41) is 8.97. The van der Waals surface area contributed by atoms with Gasteiger partial charge in [-0.3, -0.25) is 14.8 Å². The number of hydroxylamine groups is 1.